The highest BCUT2D eigenvalue weighted by atomic mass is 35.5. The molecule has 6 heteroatoms. The van der Waals surface area contributed by atoms with Gasteiger partial charge < -0.3 is 15.4 Å². The molecule has 0 bridgehead atoms. The van der Waals surface area contributed by atoms with Gasteiger partial charge in [-0.25, -0.2) is 0 Å². The summed E-state index contributed by atoms with van der Waals surface area (Å²) in [6.45, 7) is 3.42. The maximum absolute atomic E-state index is 12.2. The zero-order valence-electron chi connectivity index (χ0n) is 11.8. The summed E-state index contributed by atoms with van der Waals surface area (Å²) in [5.41, 5.74) is 6.48. The first kappa shape index (κ1) is 19.2. The number of hydrogen-bond acceptors (Lipinski definition) is 3. The van der Waals surface area contributed by atoms with E-state index in [9.17, 15) is 4.79 Å². The third kappa shape index (κ3) is 5.67. The molecule has 0 aliphatic rings. The molecule has 1 unspecified atom stereocenters. The minimum Gasteiger partial charge on any atom is -0.380 e. The van der Waals surface area contributed by atoms with Gasteiger partial charge >= 0.3 is 0 Å². The van der Waals surface area contributed by atoms with Crippen LogP contribution in [0.2, 0.25) is 5.02 Å². The summed E-state index contributed by atoms with van der Waals surface area (Å²) in [5.74, 6) is 0.0275. The normalized spacial score (nSPS) is 11.6. The number of amides is 1. The molecule has 0 aliphatic heterocycles. The fourth-order valence-corrected chi connectivity index (χ4v) is 1.99. The maximum Gasteiger partial charge on any atom is 0.225 e. The number of nitrogens with zero attached hydrogens (tertiary/aromatic N) is 1. The molecule has 1 rings (SSSR count). The lowest BCUT2D eigenvalue weighted by atomic mass is 10.2. The molecule has 1 aromatic carbocycles. The fraction of sp³-hybridized carbons (Fsp3) is 0.500. The second-order valence-electron chi connectivity index (χ2n) is 4.30. The van der Waals surface area contributed by atoms with Gasteiger partial charge in [0.25, 0.3) is 0 Å². The van der Waals surface area contributed by atoms with Gasteiger partial charge in [-0.3, -0.25) is 4.79 Å². The summed E-state index contributed by atoms with van der Waals surface area (Å²) >= 11 is 6.11. The van der Waals surface area contributed by atoms with Crippen LogP contribution < -0.4 is 5.73 Å². The van der Waals surface area contributed by atoms with Gasteiger partial charge in [-0.1, -0.05) is 29.8 Å². The van der Waals surface area contributed by atoms with E-state index in [0.717, 1.165) is 5.56 Å². The number of hydrogen-bond donors (Lipinski definition) is 1. The summed E-state index contributed by atoms with van der Waals surface area (Å²) in [6.07, 6.45) is 0.0680. The van der Waals surface area contributed by atoms with E-state index < -0.39 is 0 Å². The number of nitrogens with two attached hydrogens (primary N) is 1. The Bertz CT molecular complexity index is 412. The highest BCUT2D eigenvalue weighted by Gasteiger charge is 2.17. The van der Waals surface area contributed by atoms with Crippen molar-refractivity contribution in [2.24, 2.45) is 5.73 Å². The van der Waals surface area contributed by atoms with E-state index in [2.05, 4.69) is 0 Å². The molecule has 0 heterocycles. The summed E-state index contributed by atoms with van der Waals surface area (Å²) < 4.78 is 5.14. The number of methoxy groups -OCH3 is 1. The molecule has 0 aromatic heterocycles. The zero-order valence-corrected chi connectivity index (χ0v) is 13.4. The average Bonchev–Trinajstić information content (AvgIpc) is 2.43. The number of carbonyl (C=O) groups is 1. The molecule has 20 heavy (non-hydrogen) atoms. The molecule has 1 aromatic rings. The predicted octanol–water partition coefficient (Wildman–Crippen LogP) is 2.47. The van der Waals surface area contributed by atoms with E-state index in [4.69, 9.17) is 22.1 Å². The van der Waals surface area contributed by atoms with Gasteiger partial charge in [0.05, 0.1) is 12.5 Å². The molecule has 4 nitrogen and oxygen atoms in total. The van der Waals surface area contributed by atoms with Gasteiger partial charge in [0, 0.05) is 31.8 Å². The first-order valence-electron chi connectivity index (χ1n) is 6.36. The molecule has 1 atom stereocenters. The maximum atomic E-state index is 12.2. The smallest absolute Gasteiger partial charge is 0.225 e. The van der Waals surface area contributed by atoms with Crippen molar-refractivity contribution in [3.05, 3.63) is 34.9 Å². The summed E-state index contributed by atoms with van der Waals surface area (Å²) in [7, 11) is 1.56. The van der Waals surface area contributed by atoms with Crippen LogP contribution >= 0.6 is 24.0 Å². The standard InChI is InChI=1S/C14H21ClN2O2.ClH/c1-3-17(14(18)8-12(9-16)19-2)10-11-6-4-5-7-13(11)15;/h4-7,12H,3,8-10,16H2,1-2H3;1H. The first-order valence-corrected chi connectivity index (χ1v) is 6.74. The molecule has 114 valence electrons. The molecule has 0 saturated carbocycles. The largest absolute Gasteiger partial charge is 0.380 e. The Morgan fingerprint density at radius 2 is 2.10 bits per heavy atom. The number of carbonyl (C=O) groups excluding carboxylic acids is 1. The lowest BCUT2D eigenvalue weighted by Gasteiger charge is -2.23. The summed E-state index contributed by atoms with van der Waals surface area (Å²) in [4.78, 5) is 13.9. The van der Waals surface area contributed by atoms with Gasteiger partial charge in [-0.2, -0.15) is 0 Å². The molecular weight excluding hydrogens is 299 g/mol. The number of ether oxygens (including phenoxy) is 1. The lowest BCUT2D eigenvalue weighted by molar-refractivity contribution is -0.134. The van der Waals surface area contributed by atoms with Crippen LogP contribution in [0.1, 0.15) is 18.9 Å². The highest BCUT2D eigenvalue weighted by Crippen LogP contribution is 2.17. The topological polar surface area (TPSA) is 55.6 Å². The molecule has 1 amide bonds. The van der Waals surface area contributed by atoms with Crippen molar-refractivity contribution in [1.82, 2.24) is 4.90 Å². The van der Waals surface area contributed by atoms with Gasteiger partial charge in [0.1, 0.15) is 0 Å². The monoisotopic (exact) mass is 320 g/mol. The second kappa shape index (κ2) is 10.00. The van der Waals surface area contributed by atoms with E-state index in [1.54, 1.807) is 12.0 Å². The fourth-order valence-electron chi connectivity index (χ4n) is 1.80. The molecular formula is C14H22Cl2N2O2. The number of benzene rings is 1. The van der Waals surface area contributed by atoms with Gasteiger partial charge in [0.15, 0.2) is 0 Å². The SMILES string of the molecule is CCN(Cc1ccccc1Cl)C(=O)CC(CN)OC.Cl. The third-order valence-electron chi connectivity index (χ3n) is 3.05. The Hall–Kier alpha value is -0.810. The van der Waals surface area contributed by atoms with Crippen LogP contribution in [-0.4, -0.2) is 37.1 Å². The van der Waals surface area contributed by atoms with Crippen LogP contribution in [0, 0.1) is 0 Å². The number of halogens is 2. The van der Waals surface area contributed by atoms with Crippen molar-refractivity contribution in [3.8, 4) is 0 Å². The Morgan fingerprint density at radius 1 is 1.45 bits per heavy atom. The van der Waals surface area contributed by atoms with Crippen molar-refractivity contribution in [1.29, 1.82) is 0 Å². The van der Waals surface area contributed by atoms with Crippen LogP contribution in [0.25, 0.3) is 0 Å². The lowest BCUT2D eigenvalue weighted by Crippen LogP contribution is -2.35. The van der Waals surface area contributed by atoms with E-state index >= 15 is 0 Å². The van der Waals surface area contributed by atoms with Crippen LogP contribution in [0.4, 0.5) is 0 Å². The summed E-state index contributed by atoms with van der Waals surface area (Å²) in [6, 6.07) is 7.54. The predicted molar refractivity (Wildman–Crippen MR) is 84.3 cm³/mol. The van der Waals surface area contributed by atoms with E-state index in [1.807, 2.05) is 31.2 Å². The second-order valence-corrected chi connectivity index (χ2v) is 4.70. The van der Waals surface area contributed by atoms with Gasteiger partial charge in [-0.05, 0) is 18.6 Å². The van der Waals surface area contributed by atoms with E-state index in [-0.39, 0.29) is 24.4 Å². The molecule has 0 spiro atoms. The Balaban J connectivity index is 0.00000361. The Morgan fingerprint density at radius 3 is 2.60 bits per heavy atom. The first-order chi connectivity index (χ1) is 9.12. The van der Waals surface area contributed by atoms with Crippen molar-refractivity contribution >= 4 is 29.9 Å². The minimum absolute atomic E-state index is 0. The number of rotatable bonds is 7. The highest BCUT2D eigenvalue weighted by molar-refractivity contribution is 6.31. The molecule has 0 fully saturated rings. The van der Waals surface area contributed by atoms with Crippen LogP contribution in [-0.2, 0) is 16.1 Å². The zero-order chi connectivity index (χ0) is 14.3. The Kier molecular flexibility index (Phi) is 9.59. The van der Waals surface area contributed by atoms with Crippen molar-refractivity contribution in [3.63, 3.8) is 0 Å². The molecule has 2 N–H and O–H groups in total. The van der Waals surface area contributed by atoms with Crippen molar-refractivity contribution < 1.29 is 9.53 Å². The molecule has 0 radical (unpaired) electrons. The van der Waals surface area contributed by atoms with Gasteiger partial charge in [0.2, 0.25) is 5.91 Å². The van der Waals surface area contributed by atoms with Crippen LogP contribution in [0.15, 0.2) is 24.3 Å². The van der Waals surface area contributed by atoms with Gasteiger partial charge in [-0.15, -0.1) is 12.4 Å². The Labute approximate surface area is 131 Å². The minimum atomic E-state index is -0.229. The quantitative estimate of drug-likeness (QED) is 0.839. The molecule has 0 saturated heterocycles. The van der Waals surface area contributed by atoms with Crippen LogP contribution in [0.5, 0.6) is 0 Å². The summed E-state index contributed by atoms with van der Waals surface area (Å²) in [5, 5.41) is 0.677. The molecule has 0 aliphatic carbocycles. The van der Waals surface area contributed by atoms with Crippen molar-refractivity contribution in [2.75, 3.05) is 20.2 Å². The third-order valence-corrected chi connectivity index (χ3v) is 3.42. The van der Waals surface area contributed by atoms with Crippen LogP contribution in [0.3, 0.4) is 0 Å². The van der Waals surface area contributed by atoms with E-state index in [0.29, 0.717) is 31.1 Å². The van der Waals surface area contributed by atoms with E-state index in [1.165, 1.54) is 0 Å². The average molecular weight is 321 g/mol. The van der Waals surface area contributed by atoms with Crippen molar-refractivity contribution in [2.45, 2.75) is 26.0 Å².